The van der Waals surface area contributed by atoms with Gasteiger partial charge in [-0.15, -0.1) is 0 Å². The van der Waals surface area contributed by atoms with Crippen molar-refractivity contribution >= 4 is 28.1 Å². The van der Waals surface area contributed by atoms with Crippen LogP contribution in [-0.4, -0.2) is 30.1 Å². The first-order valence-corrected chi connectivity index (χ1v) is 9.71. The van der Waals surface area contributed by atoms with Crippen LogP contribution in [0.2, 0.25) is 0 Å². The molecule has 1 atom stereocenters. The summed E-state index contributed by atoms with van der Waals surface area (Å²) in [5, 5.41) is 0. The Morgan fingerprint density at radius 3 is 2.80 bits per heavy atom. The van der Waals surface area contributed by atoms with Crippen LogP contribution in [-0.2, 0) is 6.42 Å². The van der Waals surface area contributed by atoms with Crippen molar-refractivity contribution < 1.29 is 4.79 Å². The molecule has 0 aliphatic carbocycles. The quantitative estimate of drug-likeness (QED) is 0.717. The summed E-state index contributed by atoms with van der Waals surface area (Å²) in [6, 6.07) is 14.6. The number of carbonyl (C=O) groups is 1. The fourth-order valence-corrected chi connectivity index (χ4v) is 4.07. The minimum atomic E-state index is 0.130. The maximum Gasteiger partial charge on any atom is 0.254 e. The first-order valence-electron chi connectivity index (χ1n) is 8.91. The Labute approximate surface area is 156 Å². The highest BCUT2D eigenvalue weighted by Crippen LogP contribution is 2.34. The molecule has 2 aromatic carbocycles. The molecule has 0 spiro atoms. The van der Waals surface area contributed by atoms with Gasteiger partial charge in [0.05, 0.1) is 6.04 Å². The maximum atomic E-state index is 13.1. The summed E-state index contributed by atoms with van der Waals surface area (Å²) in [6.45, 7) is 1.69. The van der Waals surface area contributed by atoms with Gasteiger partial charge in [-0.2, -0.15) is 0 Å². The number of rotatable bonds is 2. The molecule has 2 aliphatic rings. The van der Waals surface area contributed by atoms with E-state index in [2.05, 4.69) is 51.3 Å². The Hall–Kier alpha value is -1.94. The van der Waals surface area contributed by atoms with Crippen LogP contribution < -0.4 is 0 Å². The Morgan fingerprint density at radius 1 is 1.12 bits per heavy atom. The monoisotopic (exact) mass is 396 g/mol. The number of benzene rings is 2. The van der Waals surface area contributed by atoms with E-state index in [1.165, 1.54) is 11.1 Å². The lowest BCUT2D eigenvalue weighted by molar-refractivity contribution is 0.0735. The molecule has 0 bridgehead atoms. The number of aliphatic imine (C=N–C) groups is 1. The van der Waals surface area contributed by atoms with Crippen molar-refractivity contribution in [1.82, 2.24) is 4.90 Å². The van der Waals surface area contributed by atoms with Crippen molar-refractivity contribution in [3.63, 3.8) is 0 Å². The van der Waals surface area contributed by atoms with Crippen molar-refractivity contribution in [2.45, 2.75) is 31.7 Å². The zero-order valence-corrected chi connectivity index (χ0v) is 15.7. The van der Waals surface area contributed by atoms with Gasteiger partial charge in [-0.05, 0) is 66.6 Å². The van der Waals surface area contributed by atoms with E-state index >= 15 is 0 Å². The fourth-order valence-electron chi connectivity index (χ4n) is 3.81. The van der Waals surface area contributed by atoms with Gasteiger partial charge in [0, 0.05) is 29.3 Å². The summed E-state index contributed by atoms with van der Waals surface area (Å²) in [6.07, 6.45) is 6.12. The Balaban J connectivity index is 1.61. The summed E-state index contributed by atoms with van der Waals surface area (Å²) in [4.78, 5) is 19.6. The van der Waals surface area contributed by atoms with Gasteiger partial charge < -0.3 is 4.90 Å². The second kappa shape index (κ2) is 7.12. The molecule has 0 aromatic heterocycles. The molecular weight excluding hydrogens is 376 g/mol. The second-order valence-electron chi connectivity index (χ2n) is 6.76. The average Bonchev–Trinajstić information content (AvgIpc) is 3.00. The van der Waals surface area contributed by atoms with E-state index in [4.69, 9.17) is 0 Å². The van der Waals surface area contributed by atoms with Gasteiger partial charge in [0.15, 0.2) is 0 Å². The molecule has 2 heterocycles. The molecule has 1 amide bonds. The van der Waals surface area contributed by atoms with Crippen LogP contribution in [0, 0.1) is 0 Å². The van der Waals surface area contributed by atoms with Crippen molar-refractivity contribution in [2.75, 3.05) is 13.1 Å². The van der Waals surface area contributed by atoms with Gasteiger partial charge in [0.1, 0.15) is 0 Å². The van der Waals surface area contributed by atoms with E-state index in [0.717, 1.165) is 54.4 Å². The molecule has 25 heavy (non-hydrogen) atoms. The predicted octanol–water partition coefficient (Wildman–Crippen LogP) is 4.79. The summed E-state index contributed by atoms with van der Waals surface area (Å²) in [7, 11) is 0. The topological polar surface area (TPSA) is 32.7 Å². The first kappa shape index (κ1) is 16.5. The molecule has 1 fully saturated rings. The molecule has 0 saturated carbocycles. The van der Waals surface area contributed by atoms with Crippen molar-refractivity contribution in [3.05, 3.63) is 69.2 Å². The van der Waals surface area contributed by atoms with Crippen LogP contribution in [0.15, 0.2) is 51.9 Å². The SMILES string of the molecule is O=C(c1ccc2c(c1)C=NCCC2)N1CCCC1c1ccc(Br)cc1. The van der Waals surface area contributed by atoms with E-state index < -0.39 is 0 Å². The highest BCUT2D eigenvalue weighted by Gasteiger charge is 2.30. The summed E-state index contributed by atoms with van der Waals surface area (Å²) < 4.78 is 1.07. The molecule has 2 aromatic rings. The summed E-state index contributed by atoms with van der Waals surface area (Å²) in [5.74, 6) is 0.130. The van der Waals surface area contributed by atoms with Crippen molar-refractivity contribution in [1.29, 1.82) is 0 Å². The molecule has 0 radical (unpaired) electrons. The predicted molar refractivity (Wildman–Crippen MR) is 104 cm³/mol. The summed E-state index contributed by atoms with van der Waals surface area (Å²) >= 11 is 3.48. The Kier molecular flexibility index (Phi) is 4.71. The van der Waals surface area contributed by atoms with Crippen LogP contribution in [0.3, 0.4) is 0 Å². The molecule has 1 unspecified atom stereocenters. The van der Waals surface area contributed by atoms with E-state index in [1.54, 1.807) is 0 Å². The smallest absolute Gasteiger partial charge is 0.254 e. The van der Waals surface area contributed by atoms with Gasteiger partial charge in [-0.3, -0.25) is 9.79 Å². The minimum absolute atomic E-state index is 0.130. The number of halogens is 1. The molecule has 1 saturated heterocycles. The molecule has 0 N–H and O–H groups in total. The zero-order valence-electron chi connectivity index (χ0n) is 14.1. The van der Waals surface area contributed by atoms with Crippen molar-refractivity contribution in [2.24, 2.45) is 4.99 Å². The molecule has 128 valence electrons. The Bertz CT molecular complexity index is 813. The van der Waals surface area contributed by atoms with Gasteiger partial charge in [-0.1, -0.05) is 34.1 Å². The van der Waals surface area contributed by atoms with Crippen LogP contribution >= 0.6 is 15.9 Å². The van der Waals surface area contributed by atoms with E-state index in [-0.39, 0.29) is 11.9 Å². The number of amides is 1. The van der Waals surface area contributed by atoms with Crippen LogP contribution in [0.25, 0.3) is 0 Å². The molecule has 4 heteroatoms. The van der Waals surface area contributed by atoms with Gasteiger partial charge in [0.2, 0.25) is 0 Å². The third-order valence-electron chi connectivity index (χ3n) is 5.12. The van der Waals surface area contributed by atoms with Crippen LogP contribution in [0.1, 0.15) is 52.4 Å². The van der Waals surface area contributed by atoms with E-state index in [9.17, 15) is 4.79 Å². The van der Waals surface area contributed by atoms with Crippen LogP contribution in [0.4, 0.5) is 0 Å². The summed E-state index contributed by atoms with van der Waals surface area (Å²) in [5.41, 5.74) is 4.38. The standard InChI is InChI=1S/C21H21BrN2O/c22-19-9-7-16(8-10-19)20-4-2-12-24(20)21(25)17-6-5-15-3-1-11-23-14-18(15)13-17/h5-10,13-14,20H,1-4,11-12H2. The normalized spacial score (nSPS) is 19.6. The van der Waals surface area contributed by atoms with Gasteiger partial charge >= 0.3 is 0 Å². The molecule has 4 rings (SSSR count). The molecular formula is C21H21BrN2O. The number of aryl methyl sites for hydroxylation is 1. The average molecular weight is 397 g/mol. The largest absolute Gasteiger partial charge is 0.332 e. The molecule has 2 aliphatic heterocycles. The second-order valence-corrected chi connectivity index (χ2v) is 7.68. The molecule has 3 nitrogen and oxygen atoms in total. The van der Waals surface area contributed by atoms with E-state index in [1.807, 2.05) is 23.2 Å². The third-order valence-corrected chi connectivity index (χ3v) is 5.65. The van der Waals surface area contributed by atoms with Gasteiger partial charge in [0.25, 0.3) is 5.91 Å². The zero-order chi connectivity index (χ0) is 17.2. The van der Waals surface area contributed by atoms with Crippen molar-refractivity contribution in [3.8, 4) is 0 Å². The maximum absolute atomic E-state index is 13.1. The number of nitrogens with zero attached hydrogens (tertiary/aromatic N) is 2. The fraction of sp³-hybridized carbons (Fsp3) is 0.333. The van der Waals surface area contributed by atoms with Gasteiger partial charge in [-0.25, -0.2) is 0 Å². The lowest BCUT2D eigenvalue weighted by Crippen LogP contribution is -2.30. The lowest BCUT2D eigenvalue weighted by Gasteiger charge is -2.25. The number of fused-ring (bicyclic) bond motifs is 1. The number of hydrogen-bond donors (Lipinski definition) is 0. The highest BCUT2D eigenvalue weighted by molar-refractivity contribution is 9.10. The van der Waals surface area contributed by atoms with Crippen LogP contribution in [0.5, 0.6) is 0 Å². The third kappa shape index (κ3) is 3.40. The number of carbonyl (C=O) groups excluding carboxylic acids is 1. The minimum Gasteiger partial charge on any atom is -0.332 e. The number of likely N-dealkylation sites (tertiary alicyclic amines) is 1. The first-order chi connectivity index (χ1) is 12.2. The Morgan fingerprint density at radius 2 is 1.96 bits per heavy atom. The van der Waals surface area contributed by atoms with E-state index in [0.29, 0.717) is 0 Å². The highest BCUT2D eigenvalue weighted by atomic mass is 79.9. The number of hydrogen-bond acceptors (Lipinski definition) is 2. The lowest BCUT2D eigenvalue weighted by atomic mass is 10.00.